The molecule has 2 aliphatic heterocycles. The van der Waals surface area contributed by atoms with Crippen molar-refractivity contribution in [1.82, 2.24) is 9.80 Å². The summed E-state index contributed by atoms with van der Waals surface area (Å²) in [6.45, 7) is 3.51. The van der Waals surface area contributed by atoms with Crippen LogP contribution in [0, 0.1) is 5.92 Å². The predicted molar refractivity (Wildman–Crippen MR) is 67.6 cm³/mol. The fourth-order valence-corrected chi connectivity index (χ4v) is 3.34. The second-order valence-corrected chi connectivity index (χ2v) is 5.85. The molecule has 0 aromatic carbocycles. The summed E-state index contributed by atoms with van der Waals surface area (Å²) in [7, 11) is 0. The minimum Gasteiger partial charge on any atom is -0.369 e. The molecule has 5 nitrogen and oxygen atoms in total. The van der Waals surface area contributed by atoms with E-state index in [1.165, 1.54) is 0 Å². The molecule has 2 fully saturated rings. The van der Waals surface area contributed by atoms with Crippen LogP contribution in [0.1, 0.15) is 6.42 Å². The van der Waals surface area contributed by atoms with E-state index >= 15 is 0 Å². The molecule has 2 saturated heterocycles. The van der Waals surface area contributed by atoms with Crippen molar-refractivity contribution >= 4 is 23.6 Å². The van der Waals surface area contributed by atoms with Crippen LogP contribution in [-0.2, 0) is 9.59 Å². The van der Waals surface area contributed by atoms with E-state index in [0.29, 0.717) is 6.54 Å². The van der Waals surface area contributed by atoms with Crippen LogP contribution < -0.4 is 5.73 Å². The summed E-state index contributed by atoms with van der Waals surface area (Å²) in [5.74, 6) is 2.11. The molecule has 0 saturated carbocycles. The molecule has 1 unspecified atom stereocenters. The van der Waals surface area contributed by atoms with E-state index in [1.54, 1.807) is 0 Å². The van der Waals surface area contributed by atoms with Crippen LogP contribution in [-0.4, -0.2) is 65.8 Å². The molecule has 0 bridgehead atoms. The lowest BCUT2D eigenvalue weighted by molar-refractivity contribution is -0.135. The summed E-state index contributed by atoms with van der Waals surface area (Å²) < 4.78 is 0. The Kier molecular flexibility index (Phi) is 4.28. The monoisotopic (exact) mass is 257 g/mol. The van der Waals surface area contributed by atoms with Gasteiger partial charge in [-0.2, -0.15) is 11.8 Å². The maximum Gasteiger partial charge on any atom is 0.231 e. The first-order chi connectivity index (χ1) is 8.16. The first-order valence-electron chi connectivity index (χ1n) is 6.04. The second kappa shape index (κ2) is 5.73. The molecule has 2 aliphatic rings. The van der Waals surface area contributed by atoms with E-state index in [9.17, 15) is 9.59 Å². The topological polar surface area (TPSA) is 66.6 Å². The highest BCUT2D eigenvalue weighted by Crippen LogP contribution is 2.20. The summed E-state index contributed by atoms with van der Waals surface area (Å²) >= 11 is 1.90. The van der Waals surface area contributed by atoms with Gasteiger partial charge in [0.1, 0.15) is 0 Å². The highest BCUT2D eigenvalue weighted by atomic mass is 32.2. The standard InChI is InChI=1S/C11H19N3O2S/c12-10(15)8-13-2-1-9(7-13)11(16)14-3-5-17-6-4-14/h9H,1-8H2,(H2,12,15). The van der Waals surface area contributed by atoms with E-state index in [2.05, 4.69) is 0 Å². The molecule has 0 aromatic rings. The Morgan fingerprint density at radius 3 is 2.59 bits per heavy atom. The molecule has 17 heavy (non-hydrogen) atoms. The summed E-state index contributed by atoms with van der Waals surface area (Å²) in [6, 6.07) is 0. The zero-order valence-corrected chi connectivity index (χ0v) is 10.7. The lowest BCUT2D eigenvalue weighted by Gasteiger charge is -2.28. The number of rotatable bonds is 3. The van der Waals surface area contributed by atoms with Crippen LogP contribution in [0.3, 0.4) is 0 Å². The van der Waals surface area contributed by atoms with Crippen molar-refractivity contribution in [3.05, 3.63) is 0 Å². The third-order valence-electron chi connectivity index (χ3n) is 3.32. The summed E-state index contributed by atoms with van der Waals surface area (Å²) in [5.41, 5.74) is 5.16. The van der Waals surface area contributed by atoms with Crippen LogP contribution in [0.2, 0.25) is 0 Å². The van der Waals surface area contributed by atoms with Crippen molar-refractivity contribution < 1.29 is 9.59 Å². The molecule has 6 heteroatoms. The minimum atomic E-state index is -0.313. The summed E-state index contributed by atoms with van der Waals surface area (Å²) in [6.07, 6.45) is 0.857. The molecule has 1 atom stereocenters. The molecule has 2 amide bonds. The number of carbonyl (C=O) groups excluding carboxylic acids is 2. The molecular formula is C11H19N3O2S. The SMILES string of the molecule is NC(=O)CN1CCC(C(=O)N2CCSCC2)C1. The van der Waals surface area contributed by atoms with E-state index in [1.807, 2.05) is 21.6 Å². The van der Waals surface area contributed by atoms with E-state index in [-0.39, 0.29) is 24.3 Å². The van der Waals surface area contributed by atoms with Gasteiger partial charge in [-0.25, -0.2) is 0 Å². The summed E-state index contributed by atoms with van der Waals surface area (Å²) in [5, 5.41) is 0. The quantitative estimate of drug-likeness (QED) is 0.731. The largest absolute Gasteiger partial charge is 0.369 e. The fraction of sp³-hybridized carbons (Fsp3) is 0.818. The average Bonchev–Trinajstić information content (AvgIpc) is 2.77. The summed E-state index contributed by atoms with van der Waals surface area (Å²) in [4.78, 5) is 27.0. The van der Waals surface area contributed by atoms with Crippen LogP contribution in [0.25, 0.3) is 0 Å². The first-order valence-corrected chi connectivity index (χ1v) is 7.19. The number of carbonyl (C=O) groups is 2. The van der Waals surface area contributed by atoms with Gasteiger partial charge in [0.25, 0.3) is 0 Å². The Bertz CT molecular complexity index is 305. The normalized spacial score (nSPS) is 26.1. The lowest BCUT2D eigenvalue weighted by atomic mass is 10.1. The Labute approximate surface area is 106 Å². The molecule has 2 heterocycles. The van der Waals surface area contributed by atoms with Gasteiger partial charge in [-0.1, -0.05) is 0 Å². The van der Waals surface area contributed by atoms with Gasteiger partial charge in [0.2, 0.25) is 11.8 Å². The Hall–Kier alpha value is -0.750. The number of nitrogens with zero attached hydrogens (tertiary/aromatic N) is 2. The van der Waals surface area contributed by atoms with E-state index in [0.717, 1.165) is 37.6 Å². The number of likely N-dealkylation sites (tertiary alicyclic amines) is 1. The van der Waals surface area contributed by atoms with Gasteiger partial charge < -0.3 is 10.6 Å². The number of amides is 2. The van der Waals surface area contributed by atoms with Gasteiger partial charge >= 0.3 is 0 Å². The molecule has 2 rings (SSSR count). The van der Waals surface area contributed by atoms with Gasteiger partial charge in [0, 0.05) is 31.1 Å². The smallest absolute Gasteiger partial charge is 0.231 e. The molecule has 0 aromatic heterocycles. The Balaban J connectivity index is 1.82. The molecule has 0 aliphatic carbocycles. The zero-order valence-electron chi connectivity index (χ0n) is 9.93. The highest BCUT2D eigenvalue weighted by Gasteiger charge is 2.32. The van der Waals surface area contributed by atoms with Crippen molar-refractivity contribution in [3.63, 3.8) is 0 Å². The van der Waals surface area contributed by atoms with Crippen molar-refractivity contribution in [1.29, 1.82) is 0 Å². The predicted octanol–water partition coefficient (Wildman–Crippen LogP) is -0.631. The number of thioether (sulfide) groups is 1. The third-order valence-corrected chi connectivity index (χ3v) is 4.27. The average molecular weight is 257 g/mol. The van der Waals surface area contributed by atoms with Crippen molar-refractivity contribution in [2.24, 2.45) is 11.7 Å². The number of nitrogens with two attached hydrogens (primary N) is 1. The number of primary amides is 1. The number of hydrogen-bond donors (Lipinski definition) is 1. The molecule has 0 radical (unpaired) electrons. The molecule has 96 valence electrons. The van der Waals surface area contributed by atoms with Crippen LogP contribution >= 0.6 is 11.8 Å². The molecule has 2 N–H and O–H groups in total. The van der Waals surface area contributed by atoms with E-state index < -0.39 is 0 Å². The molecular weight excluding hydrogens is 238 g/mol. The third kappa shape index (κ3) is 3.35. The van der Waals surface area contributed by atoms with E-state index in [4.69, 9.17) is 5.73 Å². The maximum atomic E-state index is 12.2. The lowest BCUT2D eigenvalue weighted by Crippen LogP contribution is -2.42. The Morgan fingerprint density at radius 1 is 1.24 bits per heavy atom. The highest BCUT2D eigenvalue weighted by molar-refractivity contribution is 7.99. The van der Waals surface area contributed by atoms with Crippen LogP contribution in [0.4, 0.5) is 0 Å². The van der Waals surface area contributed by atoms with Gasteiger partial charge in [-0.15, -0.1) is 0 Å². The van der Waals surface area contributed by atoms with Crippen molar-refractivity contribution in [2.45, 2.75) is 6.42 Å². The van der Waals surface area contributed by atoms with Crippen LogP contribution in [0.5, 0.6) is 0 Å². The molecule has 0 spiro atoms. The van der Waals surface area contributed by atoms with Gasteiger partial charge in [0.15, 0.2) is 0 Å². The fourth-order valence-electron chi connectivity index (χ4n) is 2.44. The minimum absolute atomic E-state index is 0.0671. The first kappa shape index (κ1) is 12.7. The van der Waals surface area contributed by atoms with Gasteiger partial charge in [0.05, 0.1) is 12.5 Å². The van der Waals surface area contributed by atoms with Gasteiger partial charge in [-0.3, -0.25) is 14.5 Å². The van der Waals surface area contributed by atoms with Crippen molar-refractivity contribution in [2.75, 3.05) is 44.2 Å². The van der Waals surface area contributed by atoms with Crippen LogP contribution in [0.15, 0.2) is 0 Å². The second-order valence-electron chi connectivity index (χ2n) is 4.62. The zero-order chi connectivity index (χ0) is 12.3. The maximum absolute atomic E-state index is 12.2. The van der Waals surface area contributed by atoms with Crippen molar-refractivity contribution in [3.8, 4) is 0 Å². The Morgan fingerprint density at radius 2 is 1.94 bits per heavy atom. The van der Waals surface area contributed by atoms with Gasteiger partial charge in [-0.05, 0) is 13.0 Å². The number of hydrogen-bond acceptors (Lipinski definition) is 4.